The van der Waals surface area contributed by atoms with Gasteiger partial charge in [0.2, 0.25) is 0 Å². The summed E-state index contributed by atoms with van der Waals surface area (Å²) in [5, 5.41) is 0. The second-order valence-corrected chi connectivity index (χ2v) is 20.2. The Balaban J connectivity index is 4.50. The van der Waals surface area contributed by atoms with Crippen LogP contribution in [0.25, 0.3) is 0 Å². The average molecular weight is 1050 g/mol. The van der Waals surface area contributed by atoms with Crippen LogP contribution in [0.2, 0.25) is 0 Å². The molecule has 76 heavy (non-hydrogen) atoms. The molecule has 0 aliphatic carbocycles. The molecule has 6 heteroatoms. The number of ether oxygens (including phenoxy) is 3. The molecule has 0 aromatic heterocycles. The van der Waals surface area contributed by atoms with Gasteiger partial charge in [-0.3, -0.25) is 14.4 Å². The Morgan fingerprint density at radius 3 is 0.921 bits per heavy atom. The van der Waals surface area contributed by atoms with Gasteiger partial charge in [-0.15, -0.1) is 0 Å². The molecule has 0 aliphatic heterocycles. The van der Waals surface area contributed by atoms with Gasteiger partial charge in [0, 0.05) is 12.8 Å². The molecule has 0 heterocycles. The molecule has 6 nitrogen and oxygen atoms in total. The van der Waals surface area contributed by atoms with Gasteiger partial charge in [0.1, 0.15) is 13.2 Å². The fraction of sp³-hybridized carbons (Fsp3) is 0.643. The third kappa shape index (κ3) is 60.4. The van der Waals surface area contributed by atoms with Crippen molar-refractivity contribution in [3.63, 3.8) is 0 Å². The smallest absolute Gasteiger partial charge is 0.309 e. The standard InChI is InChI=1S/C70H114O6/c1-4-7-10-13-16-19-22-25-28-30-32-34-35-36-38-39-42-45-48-51-54-57-60-63-69(72)75-66-67(65-74-68(71)62-59-56-53-50-47-44-41-27-24-21-18-15-12-9-6-3)76-70(73)64-61-58-55-52-49-46-43-40-37-33-31-29-26-23-20-17-14-11-8-5-2/h7,9-10,12,16,18-19,21,25,27-28,32,34,36,38,41-42,45,47,50,56,59,67H,4-6,8,11,13-15,17,20,22-24,26,29-31,33,35,37,39-40,43-44,46,48-49,51-55,57-58,60-66H2,1-3H3/b10-7-,12-9-,19-16-,21-18-,28-25-,34-32-,38-36-,41-27-,45-42-,50-47-,59-56-. The van der Waals surface area contributed by atoms with Crippen molar-refractivity contribution in [1.82, 2.24) is 0 Å². The summed E-state index contributed by atoms with van der Waals surface area (Å²) < 4.78 is 16.8. The first-order valence-electron chi connectivity index (χ1n) is 31.2. The maximum Gasteiger partial charge on any atom is 0.309 e. The van der Waals surface area contributed by atoms with Crippen LogP contribution in [0.3, 0.4) is 0 Å². The molecule has 0 saturated heterocycles. The largest absolute Gasteiger partial charge is 0.462 e. The molecule has 0 aliphatic rings. The predicted octanol–water partition coefficient (Wildman–Crippen LogP) is 21.4. The zero-order chi connectivity index (χ0) is 55.0. The summed E-state index contributed by atoms with van der Waals surface area (Å²) in [5.74, 6) is -1.08. The predicted molar refractivity (Wildman–Crippen MR) is 329 cm³/mol. The van der Waals surface area contributed by atoms with E-state index < -0.39 is 12.1 Å². The number of hydrogen-bond acceptors (Lipinski definition) is 6. The topological polar surface area (TPSA) is 78.9 Å². The van der Waals surface area contributed by atoms with Crippen LogP contribution in [0.5, 0.6) is 0 Å². The third-order valence-electron chi connectivity index (χ3n) is 12.9. The van der Waals surface area contributed by atoms with E-state index in [9.17, 15) is 14.4 Å². The lowest BCUT2D eigenvalue weighted by Gasteiger charge is -2.18. The van der Waals surface area contributed by atoms with Crippen molar-refractivity contribution in [2.24, 2.45) is 0 Å². The highest BCUT2D eigenvalue weighted by Gasteiger charge is 2.19. The molecule has 430 valence electrons. The molecule has 0 saturated carbocycles. The van der Waals surface area contributed by atoms with E-state index in [-0.39, 0.29) is 31.6 Å². The maximum atomic E-state index is 12.9. The summed E-state index contributed by atoms with van der Waals surface area (Å²) in [4.78, 5) is 38.2. The first kappa shape index (κ1) is 71.5. The van der Waals surface area contributed by atoms with Crippen molar-refractivity contribution in [2.45, 2.75) is 277 Å². The Labute approximate surface area is 468 Å². The van der Waals surface area contributed by atoms with Crippen LogP contribution in [-0.2, 0) is 28.6 Å². The van der Waals surface area contributed by atoms with Gasteiger partial charge in [0.15, 0.2) is 6.10 Å². The molecule has 0 radical (unpaired) electrons. The number of hydrogen-bond donors (Lipinski definition) is 0. The summed E-state index contributed by atoms with van der Waals surface area (Å²) in [5.41, 5.74) is 0. The van der Waals surface area contributed by atoms with Gasteiger partial charge in [-0.1, -0.05) is 289 Å². The number of unbranched alkanes of at least 4 members (excludes halogenated alkanes) is 23. The van der Waals surface area contributed by atoms with Crippen molar-refractivity contribution in [2.75, 3.05) is 13.2 Å². The molecule has 0 bridgehead atoms. The summed E-state index contributed by atoms with van der Waals surface area (Å²) in [7, 11) is 0. The molecule has 1 atom stereocenters. The Hall–Kier alpha value is -4.45. The number of carbonyl (C=O) groups excluding carboxylic acids is 3. The number of allylic oxidation sites excluding steroid dienone is 21. The lowest BCUT2D eigenvalue weighted by molar-refractivity contribution is -0.166. The molecule has 0 fully saturated rings. The lowest BCUT2D eigenvalue weighted by atomic mass is 10.0. The zero-order valence-electron chi connectivity index (χ0n) is 49.2. The van der Waals surface area contributed by atoms with E-state index >= 15 is 0 Å². The SMILES string of the molecule is CC/C=C\C/C=C\C/C=C\C/C=C\C/C=C\C/C=C\CCCCCCC(=O)OCC(COC(=O)C/C=C\C/C=C\C/C=C\C/C=C\C/C=C\CC)OC(=O)CCCCCCCCCCCCCCCCCCCCCC. The maximum absolute atomic E-state index is 12.9. The molecular weight excluding hydrogens is 937 g/mol. The van der Waals surface area contributed by atoms with E-state index in [0.717, 1.165) is 122 Å². The van der Waals surface area contributed by atoms with Crippen LogP contribution < -0.4 is 0 Å². The van der Waals surface area contributed by atoms with Gasteiger partial charge in [0.25, 0.3) is 0 Å². The fourth-order valence-electron chi connectivity index (χ4n) is 8.34. The minimum absolute atomic E-state index is 0.119. The van der Waals surface area contributed by atoms with Crippen LogP contribution in [0.15, 0.2) is 134 Å². The highest BCUT2D eigenvalue weighted by molar-refractivity contribution is 5.72. The average Bonchev–Trinajstić information content (AvgIpc) is 3.42. The van der Waals surface area contributed by atoms with Gasteiger partial charge in [0.05, 0.1) is 6.42 Å². The van der Waals surface area contributed by atoms with Crippen molar-refractivity contribution in [3.05, 3.63) is 134 Å². The van der Waals surface area contributed by atoms with Crippen LogP contribution >= 0.6 is 0 Å². The summed E-state index contributed by atoms with van der Waals surface area (Å²) in [6, 6.07) is 0. The second-order valence-electron chi connectivity index (χ2n) is 20.2. The number of esters is 3. The zero-order valence-corrected chi connectivity index (χ0v) is 49.2. The van der Waals surface area contributed by atoms with Crippen molar-refractivity contribution < 1.29 is 28.6 Å². The van der Waals surface area contributed by atoms with Crippen LogP contribution in [0, 0.1) is 0 Å². The summed E-state index contributed by atoms with van der Waals surface area (Å²) in [6.07, 6.45) is 89.1. The first-order chi connectivity index (χ1) is 37.5. The molecule has 0 spiro atoms. The van der Waals surface area contributed by atoms with E-state index in [1.807, 2.05) is 6.08 Å². The fourth-order valence-corrected chi connectivity index (χ4v) is 8.34. The van der Waals surface area contributed by atoms with Crippen LogP contribution in [0.1, 0.15) is 271 Å². The van der Waals surface area contributed by atoms with Gasteiger partial charge in [-0.25, -0.2) is 0 Å². The Kier molecular flexibility index (Phi) is 59.4. The van der Waals surface area contributed by atoms with Gasteiger partial charge in [-0.2, -0.15) is 0 Å². The molecule has 0 rings (SSSR count). The third-order valence-corrected chi connectivity index (χ3v) is 12.9. The monoisotopic (exact) mass is 1050 g/mol. The van der Waals surface area contributed by atoms with Crippen LogP contribution in [0.4, 0.5) is 0 Å². The Morgan fingerprint density at radius 2 is 0.566 bits per heavy atom. The Bertz CT molecular complexity index is 1630. The molecule has 0 amide bonds. The summed E-state index contributed by atoms with van der Waals surface area (Å²) >= 11 is 0. The minimum Gasteiger partial charge on any atom is -0.462 e. The van der Waals surface area contributed by atoms with E-state index in [1.54, 1.807) is 6.08 Å². The molecule has 0 aromatic carbocycles. The number of carbonyl (C=O) groups is 3. The van der Waals surface area contributed by atoms with Crippen molar-refractivity contribution in [1.29, 1.82) is 0 Å². The Morgan fingerprint density at radius 1 is 0.289 bits per heavy atom. The van der Waals surface area contributed by atoms with E-state index in [2.05, 4.69) is 142 Å². The van der Waals surface area contributed by atoms with Gasteiger partial charge < -0.3 is 14.2 Å². The molecular formula is C70H114O6. The first-order valence-corrected chi connectivity index (χ1v) is 31.2. The van der Waals surface area contributed by atoms with Crippen molar-refractivity contribution in [3.8, 4) is 0 Å². The normalized spacial score (nSPS) is 13.0. The summed E-state index contributed by atoms with van der Waals surface area (Å²) in [6.45, 7) is 6.32. The van der Waals surface area contributed by atoms with Gasteiger partial charge >= 0.3 is 17.9 Å². The van der Waals surface area contributed by atoms with E-state index in [1.165, 1.54) is 109 Å². The lowest BCUT2D eigenvalue weighted by Crippen LogP contribution is -2.30. The van der Waals surface area contributed by atoms with Crippen molar-refractivity contribution >= 4 is 17.9 Å². The highest BCUT2D eigenvalue weighted by Crippen LogP contribution is 2.16. The number of rotatable bonds is 55. The van der Waals surface area contributed by atoms with E-state index in [0.29, 0.717) is 12.8 Å². The second kappa shape index (κ2) is 63.1. The van der Waals surface area contributed by atoms with Gasteiger partial charge in [-0.05, 0) is 96.3 Å². The van der Waals surface area contributed by atoms with E-state index in [4.69, 9.17) is 14.2 Å². The molecule has 1 unspecified atom stereocenters. The highest BCUT2D eigenvalue weighted by atomic mass is 16.6. The quantitative estimate of drug-likeness (QED) is 0.0261. The molecule has 0 N–H and O–H groups in total. The molecule has 0 aromatic rings. The minimum atomic E-state index is -0.833. The van der Waals surface area contributed by atoms with Crippen LogP contribution in [-0.4, -0.2) is 37.2 Å².